The Morgan fingerprint density at radius 2 is 1.66 bits per heavy atom. The minimum atomic E-state index is -3.84. The molecule has 3 aromatic rings. The predicted octanol–water partition coefficient (Wildman–Crippen LogP) is 3.54. The average Bonchev–Trinajstić information content (AvgIpc) is 2.70. The number of anilines is 2. The van der Waals surface area contributed by atoms with Crippen LogP contribution in [0.4, 0.5) is 16.0 Å². The molecule has 0 saturated carbocycles. The van der Waals surface area contributed by atoms with Gasteiger partial charge in [0.25, 0.3) is 10.0 Å². The molecule has 0 spiro atoms. The number of thioether (sulfide) groups is 1. The van der Waals surface area contributed by atoms with Gasteiger partial charge in [0.15, 0.2) is 0 Å². The van der Waals surface area contributed by atoms with Gasteiger partial charge in [-0.25, -0.2) is 27.5 Å². The fourth-order valence-corrected chi connectivity index (χ4v) is 4.09. The second kappa shape index (κ2) is 9.01. The Balaban J connectivity index is 1.62. The Labute approximate surface area is 171 Å². The summed E-state index contributed by atoms with van der Waals surface area (Å²) >= 11 is 1.29. The molecule has 1 amide bonds. The van der Waals surface area contributed by atoms with Crippen molar-refractivity contribution >= 4 is 39.3 Å². The number of aromatic nitrogens is 2. The van der Waals surface area contributed by atoms with E-state index in [2.05, 4.69) is 20.0 Å². The standard InChI is InChI=1S/C19H17FN4O3S2/c1-13(28-16-7-3-14(20)4-8-16)18(25)23-15-5-9-17(10-6-15)29(26,27)24-19-21-11-2-12-22-19/h2-13H,1H3,(H,23,25)(H,21,22,24)/t13-/m0/s1. The van der Waals surface area contributed by atoms with Crippen LogP contribution in [0.3, 0.4) is 0 Å². The van der Waals surface area contributed by atoms with E-state index in [9.17, 15) is 17.6 Å². The van der Waals surface area contributed by atoms with E-state index < -0.39 is 15.3 Å². The maximum atomic E-state index is 13.0. The second-order valence-corrected chi connectivity index (χ2v) is 9.00. The van der Waals surface area contributed by atoms with Crippen LogP contribution in [-0.4, -0.2) is 29.5 Å². The maximum absolute atomic E-state index is 13.0. The number of amides is 1. The van der Waals surface area contributed by atoms with Gasteiger partial charge in [-0.05, 0) is 61.5 Å². The SMILES string of the molecule is C[C@H](Sc1ccc(F)cc1)C(=O)Nc1ccc(S(=O)(=O)Nc2ncccn2)cc1. The largest absolute Gasteiger partial charge is 0.325 e. The minimum Gasteiger partial charge on any atom is -0.325 e. The van der Waals surface area contributed by atoms with Crippen molar-refractivity contribution in [3.8, 4) is 0 Å². The molecule has 0 bridgehead atoms. The van der Waals surface area contributed by atoms with Crippen LogP contribution in [0.2, 0.25) is 0 Å². The summed E-state index contributed by atoms with van der Waals surface area (Å²) in [5.74, 6) is -0.628. The highest BCUT2D eigenvalue weighted by Gasteiger charge is 2.17. The summed E-state index contributed by atoms with van der Waals surface area (Å²) in [6.45, 7) is 1.73. The van der Waals surface area contributed by atoms with Crippen LogP contribution in [0.25, 0.3) is 0 Å². The lowest BCUT2D eigenvalue weighted by Crippen LogP contribution is -2.22. The number of sulfonamides is 1. The number of benzene rings is 2. The maximum Gasteiger partial charge on any atom is 0.264 e. The van der Waals surface area contributed by atoms with Gasteiger partial charge in [-0.2, -0.15) is 0 Å². The third-order valence-corrected chi connectivity index (χ3v) is 6.18. The van der Waals surface area contributed by atoms with Crippen molar-refractivity contribution in [3.05, 3.63) is 72.8 Å². The molecule has 0 aliphatic rings. The molecule has 0 radical (unpaired) electrons. The van der Waals surface area contributed by atoms with E-state index in [0.717, 1.165) is 4.90 Å². The van der Waals surface area contributed by atoms with Gasteiger partial charge in [0, 0.05) is 23.0 Å². The highest BCUT2D eigenvalue weighted by atomic mass is 32.2. The molecule has 3 rings (SSSR count). The van der Waals surface area contributed by atoms with Crippen molar-refractivity contribution in [1.82, 2.24) is 9.97 Å². The Morgan fingerprint density at radius 3 is 2.28 bits per heavy atom. The third kappa shape index (κ3) is 5.75. The lowest BCUT2D eigenvalue weighted by molar-refractivity contribution is -0.115. The Bertz CT molecular complexity index is 1080. The summed E-state index contributed by atoms with van der Waals surface area (Å²) < 4.78 is 40.0. The number of nitrogens with one attached hydrogen (secondary N) is 2. The highest BCUT2D eigenvalue weighted by molar-refractivity contribution is 8.00. The van der Waals surface area contributed by atoms with Crippen LogP contribution >= 0.6 is 11.8 Å². The summed E-state index contributed by atoms with van der Waals surface area (Å²) in [6, 6.07) is 13.2. The van der Waals surface area contributed by atoms with Crippen molar-refractivity contribution in [1.29, 1.82) is 0 Å². The van der Waals surface area contributed by atoms with Gasteiger partial charge in [-0.1, -0.05) is 0 Å². The zero-order valence-electron chi connectivity index (χ0n) is 15.2. The number of hydrogen-bond donors (Lipinski definition) is 2. The van der Waals surface area contributed by atoms with Crippen LogP contribution in [0.15, 0.2) is 76.8 Å². The molecule has 1 atom stereocenters. The molecule has 7 nitrogen and oxygen atoms in total. The highest BCUT2D eigenvalue weighted by Crippen LogP contribution is 2.24. The van der Waals surface area contributed by atoms with Gasteiger partial charge < -0.3 is 5.32 Å². The van der Waals surface area contributed by atoms with Crippen molar-refractivity contribution in [3.63, 3.8) is 0 Å². The summed E-state index contributed by atoms with van der Waals surface area (Å²) in [5, 5.41) is 2.30. The molecule has 2 N–H and O–H groups in total. The Morgan fingerprint density at radius 1 is 1.03 bits per heavy atom. The Hall–Kier alpha value is -2.98. The van der Waals surface area contributed by atoms with E-state index >= 15 is 0 Å². The van der Waals surface area contributed by atoms with Crippen LogP contribution in [-0.2, 0) is 14.8 Å². The van der Waals surface area contributed by atoms with Gasteiger partial charge in [-0.15, -0.1) is 11.8 Å². The Kier molecular flexibility index (Phi) is 6.45. The first-order valence-corrected chi connectivity index (χ1v) is 10.8. The molecular formula is C19H17FN4O3S2. The summed E-state index contributed by atoms with van der Waals surface area (Å²) in [6.07, 6.45) is 2.85. The molecule has 0 unspecified atom stereocenters. The van der Waals surface area contributed by atoms with Crippen LogP contribution in [0.5, 0.6) is 0 Å². The molecule has 0 fully saturated rings. The first-order chi connectivity index (χ1) is 13.8. The summed E-state index contributed by atoms with van der Waals surface area (Å²) in [4.78, 5) is 20.8. The number of carbonyl (C=O) groups is 1. The van der Waals surface area contributed by atoms with Crippen molar-refractivity contribution in [2.45, 2.75) is 22.0 Å². The minimum absolute atomic E-state index is 0.0108. The lowest BCUT2D eigenvalue weighted by Gasteiger charge is -2.12. The second-order valence-electron chi connectivity index (χ2n) is 5.91. The quantitative estimate of drug-likeness (QED) is 0.554. The molecule has 1 aromatic heterocycles. The molecular weight excluding hydrogens is 415 g/mol. The fourth-order valence-electron chi connectivity index (χ4n) is 2.26. The number of halogens is 1. The van der Waals surface area contributed by atoms with E-state index in [1.165, 1.54) is 60.6 Å². The molecule has 10 heteroatoms. The fraction of sp³-hybridized carbons (Fsp3) is 0.105. The first-order valence-electron chi connectivity index (χ1n) is 8.46. The molecule has 2 aromatic carbocycles. The van der Waals surface area contributed by atoms with Crippen molar-refractivity contribution < 1.29 is 17.6 Å². The molecule has 0 saturated heterocycles. The summed E-state index contributed by atoms with van der Waals surface area (Å²) in [5.41, 5.74) is 0.455. The van der Waals surface area contributed by atoms with Gasteiger partial charge in [0.05, 0.1) is 10.1 Å². The van der Waals surface area contributed by atoms with Crippen LogP contribution < -0.4 is 10.0 Å². The topological polar surface area (TPSA) is 101 Å². The van der Waals surface area contributed by atoms with Gasteiger partial charge in [0.1, 0.15) is 5.82 Å². The number of hydrogen-bond acceptors (Lipinski definition) is 6. The third-order valence-electron chi connectivity index (χ3n) is 3.72. The van der Waals surface area contributed by atoms with E-state index in [1.807, 2.05) is 0 Å². The predicted molar refractivity (Wildman–Crippen MR) is 110 cm³/mol. The van der Waals surface area contributed by atoms with E-state index in [4.69, 9.17) is 0 Å². The number of nitrogens with zero attached hydrogens (tertiary/aromatic N) is 2. The van der Waals surface area contributed by atoms with Gasteiger partial charge in [0.2, 0.25) is 11.9 Å². The monoisotopic (exact) mass is 432 g/mol. The van der Waals surface area contributed by atoms with Crippen molar-refractivity contribution in [2.75, 3.05) is 10.0 Å². The average molecular weight is 433 g/mol. The zero-order valence-corrected chi connectivity index (χ0v) is 16.9. The first kappa shape index (κ1) is 20.7. The lowest BCUT2D eigenvalue weighted by atomic mass is 10.3. The molecule has 0 aliphatic heterocycles. The smallest absolute Gasteiger partial charge is 0.264 e. The van der Waals surface area contributed by atoms with Crippen molar-refractivity contribution in [2.24, 2.45) is 0 Å². The zero-order chi connectivity index (χ0) is 20.9. The number of carbonyl (C=O) groups excluding carboxylic acids is 1. The summed E-state index contributed by atoms with van der Waals surface area (Å²) in [7, 11) is -3.84. The molecule has 150 valence electrons. The number of rotatable bonds is 7. The van der Waals surface area contributed by atoms with Gasteiger partial charge in [-0.3, -0.25) is 4.79 Å². The van der Waals surface area contributed by atoms with Crippen LogP contribution in [0, 0.1) is 5.82 Å². The van der Waals surface area contributed by atoms with Crippen LogP contribution in [0.1, 0.15) is 6.92 Å². The molecule has 0 aliphatic carbocycles. The van der Waals surface area contributed by atoms with E-state index in [0.29, 0.717) is 5.69 Å². The van der Waals surface area contributed by atoms with E-state index in [1.54, 1.807) is 25.1 Å². The normalized spacial score (nSPS) is 12.2. The van der Waals surface area contributed by atoms with E-state index in [-0.39, 0.29) is 22.6 Å². The molecule has 29 heavy (non-hydrogen) atoms. The molecule has 1 heterocycles. The van der Waals surface area contributed by atoms with Gasteiger partial charge >= 0.3 is 0 Å².